The molecule has 0 N–H and O–H groups in total. The van der Waals surface area contributed by atoms with Gasteiger partial charge in [0.05, 0.1) is 12.2 Å². The van der Waals surface area contributed by atoms with Crippen molar-refractivity contribution in [3.05, 3.63) is 0 Å². The maximum Gasteiger partial charge on any atom is 0.0584 e. The summed E-state index contributed by atoms with van der Waals surface area (Å²) in [5, 5.41) is 0. The van der Waals surface area contributed by atoms with Crippen molar-refractivity contribution in [3.8, 4) is 0 Å². The van der Waals surface area contributed by atoms with Gasteiger partial charge >= 0.3 is 0 Å². The molecule has 64 valence electrons. The molecule has 0 aromatic rings. The molecule has 1 aliphatic heterocycles. The van der Waals surface area contributed by atoms with Crippen LogP contribution < -0.4 is 0 Å². The van der Waals surface area contributed by atoms with Crippen LogP contribution in [-0.2, 0) is 4.74 Å². The average Bonchev–Trinajstić information content (AvgIpc) is 2.64. The first-order valence-electron chi connectivity index (χ1n) is 4.83. The Balaban J connectivity index is 2.08. The molecule has 1 aliphatic carbocycles. The molecular formula is C10H18O. The van der Waals surface area contributed by atoms with Crippen LogP contribution in [0.2, 0.25) is 0 Å². The highest BCUT2D eigenvalue weighted by atomic mass is 16.5. The third-order valence-electron chi connectivity index (χ3n) is 3.66. The molecule has 4 atom stereocenters. The third kappa shape index (κ3) is 1.01. The molecule has 2 aliphatic rings. The Bertz CT molecular complexity index is 166. The number of fused-ring (bicyclic) bond motifs is 1. The van der Waals surface area contributed by atoms with E-state index in [1.54, 1.807) is 0 Å². The molecule has 2 rings (SSSR count). The predicted molar refractivity (Wildman–Crippen MR) is 45.5 cm³/mol. The van der Waals surface area contributed by atoms with E-state index >= 15 is 0 Å². The molecule has 11 heavy (non-hydrogen) atoms. The molecule has 0 amide bonds. The lowest BCUT2D eigenvalue weighted by atomic mass is 9.89. The molecule has 0 aromatic carbocycles. The Morgan fingerprint density at radius 3 is 2.73 bits per heavy atom. The van der Waals surface area contributed by atoms with E-state index in [1.165, 1.54) is 19.3 Å². The summed E-state index contributed by atoms with van der Waals surface area (Å²) in [7, 11) is 0. The largest absolute Gasteiger partial charge is 0.375 e. The Labute approximate surface area is 69.1 Å². The van der Waals surface area contributed by atoms with Crippen LogP contribution >= 0.6 is 0 Å². The Hall–Kier alpha value is -0.0400. The lowest BCUT2D eigenvalue weighted by Gasteiger charge is -2.30. The fourth-order valence-electron chi connectivity index (χ4n) is 2.91. The summed E-state index contributed by atoms with van der Waals surface area (Å²) >= 11 is 0. The quantitative estimate of drug-likeness (QED) is 0.564. The number of ether oxygens (including phenoxy) is 1. The van der Waals surface area contributed by atoms with E-state index in [0.717, 1.165) is 5.92 Å². The molecule has 1 saturated heterocycles. The maximum absolute atomic E-state index is 5.77. The van der Waals surface area contributed by atoms with Crippen molar-refractivity contribution < 1.29 is 4.74 Å². The van der Waals surface area contributed by atoms with Gasteiger partial charge in [-0.3, -0.25) is 0 Å². The van der Waals surface area contributed by atoms with Crippen LogP contribution in [-0.4, -0.2) is 12.2 Å². The monoisotopic (exact) mass is 154 g/mol. The standard InChI is InChI=1S/C10H18O/c1-4-10-5-7(2)11-8(3)9(10)6-10/h7-9H,4-6H2,1-3H3. The van der Waals surface area contributed by atoms with Gasteiger partial charge in [0.15, 0.2) is 0 Å². The number of hydrogen-bond acceptors (Lipinski definition) is 1. The molecule has 0 aromatic heterocycles. The van der Waals surface area contributed by atoms with Crippen molar-refractivity contribution in [1.29, 1.82) is 0 Å². The fraction of sp³-hybridized carbons (Fsp3) is 1.00. The summed E-state index contributed by atoms with van der Waals surface area (Å²) in [6.07, 6.45) is 5.12. The minimum Gasteiger partial charge on any atom is -0.375 e. The van der Waals surface area contributed by atoms with E-state index in [2.05, 4.69) is 20.8 Å². The lowest BCUT2D eigenvalue weighted by Crippen LogP contribution is -2.30. The first-order valence-corrected chi connectivity index (χ1v) is 4.83. The molecule has 0 radical (unpaired) electrons. The first kappa shape index (κ1) is 7.60. The van der Waals surface area contributed by atoms with Crippen LogP contribution in [0.25, 0.3) is 0 Å². The molecule has 4 unspecified atom stereocenters. The molecule has 2 fully saturated rings. The third-order valence-corrected chi connectivity index (χ3v) is 3.66. The number of hydrogen-bond donors (Lipinski definition) is 0. The fourth-order valence-corrected chi connectivity index (χ4v) is 2.91. The zero-order chi connectivity index (χ0) is 8.06. The molecule has 1 heteroatoms. The second kappa shape index (κ2) is 2.22. The van der Waals surface area contributed by atoms with Crippen LogP contribution in [0.4, 0.5) is 0 Å². The average molecular weight is 154 g/mol. The Morgan fingerprint density at radius 2 is 2.09 bits per heavy atom. The predicted octanol–water partition coefficient (Wildman–Crippen LogP) is 2.60. The van der Waals surface area contributed by atoms with E-state index in [4.69, 9.17) is 4.74 Å². The van der Waals surface area contributed by atoms with E-state index in [9.17, 15) is 0 Å². The Morgan fingerprint density at radius 1 is 1.36 bits per heavy atom. The minimum atomic E-state index is 0.503. The molecular weight excluding hydrogens is 136 g/mol. The summed E-state index contributed by atoms with van der Waals surface area (Å²) in [5.74, 6) is 0.892. The van der Waals surface area contributed by atoms with Gasteiger partial charge in [-0.15, -0.1) is 0 Å². The molecule has 1 heterocycles. The van der Waals surface area contributed by atoms with Gasteiger partial charge in [0.2, 0.25) is 0 Å². The second-order valence-corrected chi connectivity index (χ2v) is 4.38. The van der Waals surface area contributed by atoms with Crippen molar-refractivity contribution >= 4 is 0 Å². The van der Waals surface area contributed by atoms with Crippen LogP contribution in [0, 0.1) is 11.3 Å². The van der Waals surface area contributed by atoms with Gasteiger partial charge in [-0.25, -0.2) is 0 Å². The molecule has 0 spiro atoms. The Kier molecular flexibility index (Phi) is 1.54. The van der Waals surface area contributed by atoms with Crippen molar-refractivity contribution in [2.24, 2.45) is 11.3 Å². The minimum absolute atomic E-state index is 0.503. The van der Waals surface area contributed by atoms with E-state index in [-0.39, 0.29) is 0 Å². The maximum atomic E-state index is 5.77. The SMILES string of the molecule is CCC12CC(C)OC(C)C1C2. The van der Waals surface area contributed by atoms with Crippen molar-refractivity contribution in [3.63, 3.8) is 0 Å². The van der Waals surface area contributed by atoms with Gasteiger partial charge in [-0.05, 0) is 44.4 Å². The van der Waals surface area contributed by atoms with Gasteiger partial charge in [0, 0.05) is 0 Å². The summed E-state index contributed by atoms with van der Waals surface area (Å²) in [5.41, 5.74) is 0.705. The number of rotatable bonds is 1. The molecule has 1 nitrogen and oxygen atoms in total. The smallest absolute Gasteiger partial charge is 0.0584 e. The lowest BCUT2D eigenvalue weighted by molar-refractivity contribution is -0.0569. The van der Waals surface area contributed by atoms with E-state index in [1.807, 2.05) is 0 Å². The second-order valence-electron chi connectivity index (χ2n) is 4.38. The van der Waals surface area contributed by atoms with Gasteiger partial charge in [0.25, 0.3) is 0 Å². The zero-order valence-corrected chi connectivity index (χ0v) is 7.76. The highest BCUT2D eigenvalue weighted by Gasteiger charge is 2.58. The summed E-state index contributed by atoms with van der Waals surface area (Å²) < 4.78 is 5.77. The van der Waals surface area contributed by atoms with Gasteiger partial charge in [0.1, 0.15) is 0 Å². The van der Waals surface area contributed by atoms with E-state index < -0.39 is 0 Å². The van der Waals surface area contributed by atoms with E-state index in [0.29, 0.717) is 17.6 Å². The van der Waals surface area contributed by atoms with Crippen LogP contribution in [0.1, 0.15) is 40.0 Å². The topological polar surface area (TPSA) is 9.23 Å². The summed E-state index contributed by atoms with van der Waals surface area (Å²) in [4.78, 5) is 0. The summed E-state index contributed by atoms with van der Waals surface area (Å²) in [6, 6.07) is 0. The molecule has 0 bridgehead atoms. The van der Waals surface area contributed by atoms with Crippen LogP contribution in [0.3, 0.4) is 0 Å². The van der Waals surface area contributed by atoms with Crippen molar-refractivity contribution in [2.45, 2.75) is 52.2 Å². The van der Waals surface area contributed by atoms with Crippen LogP contribution in [0.5, 0.6) is 0 Å². The first-order chi connectivity index (χ1) is 5.18. The van der Waals surface area contributed by atoms with Gasteiger partial charge < -0.3 is 4.74 Å². The van der Waals surface area contributed by atoms with Crippen LogP contribution in [0.15, 0.2) is 0 Å². The summed E-state index contributed by atoms with van der Waals surface area (Å²) in [6.45, 7) is 6.77. The van der Waals surface area contributed by atoms with Crippen molar-refractivity contribution in [2.75, 3.05) is 0 Å². The highest BCUT2D eigenvalue weighted by molar-refractivity contribution is 5.07. The van der Waals surface area contributed by atoms with Gasteiger partial charge in [-0.1, -0.05) is 6.92 Å². The normalized spacial score (nSPS) is 55.4. The zero-order valence-electron chi connectivity index (χ0n) is 7.76. The van der Waals surface area contributed by atoms with Crippen molar-refractivity contribution in [1.82, 2.24) is 0 Å². The molecule has 1 saturated carbocycles. The van der Waals surface area contributed by atoms with Gasteiger partial charge in [-0.2, -0.15) is 0 Å². The highest BCUT2D eigenvalue weighted by Crippen LogP contribution is 2.63.